The molecule has 0 fully saturated rings. The summed E-state index contributed by atoms with van der Waals surface area (Å²) in [7, 11) is 0. The zero-order chi connectivity index (χ0) is 25.9. The van der Waals surface area contributed by atoms with Gasteiger partial charge in [0.1, 0.15) is 22.8 Å². The average molecular weight is 474 g/mol. The Hall–Kier alpha value is -1.71. The van der Waals surface area contributed by atoms with Gasteiger partial charge in [-0.15, -0.1) is 0 Å². The minimum atomic E-state index is -0.627. The predicted molar refractivity (Wildman–Crippen MR) is 129 cm³/mol. The Bertz CT molecular complexity index is 587. The van der Waals surface area contributed by atoms with Crippen molar-refractivity contribution in [1.29, 1.82) is 0 Å². The van der Waals surface area contributed by atoms with Crippen LogP contribution in [0.25, 0.3) is 0 Å². The van der Waals surface area contributed by atoms with Crippen molar-refractivity contribution in [2.75, 3.05) is 32.7 Å². The molecule has 0 heterocycles. The molecule has 3 N–H and O–H groups in total. The van der Waals surface area contributed by atoms with Gasteiger partial charge in [0.05, 0.1) is 13.1 Å². The van der Waals surface area contributed by atoms with E-state index in [0.29, 0.717) is 26.1 Å². The second-order valence-electron chi connectivity index (χ2n) is 11.2. The number of carbonyl (C=O) groups excluding carboxylic acids is 3. The molecule has 0 radical (unpaired) electrons. The number of nitrogens with zero attached hydrogens (tertiary/aromatic N) is 1. The molecular weight excluding hydrogens is 426 g/mol. The van der Waals surface area contributed by atoms with E-state index in [4.69, 9.17) is 19.9 Å². The standard InChI is InChI=1S/C24H47N3O6/c1-22(2,3)31-19(28)16-27(17-20(29)32-23(4,5)6)15-14-26-18(12-10-11-13-25)21(30)33-24(7,8)9/h18,26H,10-17,25H2,1-9H3/t18-/m0/s1. The first kappa shape index (κ1) is 31.3. The molecule has 33 heavy (non-hydrogen) atoms. The van der Waals surface area contributed by atoms with Crippen molar-refractivity contribution in [2.45, 2.75) is 104 Å². The maximum atomic E-state index is 12.6. The average Bonchev–Trinajstić information content (AvgIpc) is 2.55. The van der Waals surface area contributed by atoms with E-state index < -0.39 is 34.8 Å². The molecule has 9 nitrogen and oxygen atoms in total. The van der Waals surface area contributed by atoms with Crippen LogP contribution in [0.3, 0.4) is 0 Å². The minimum Gasteiger partial charge on any atom is -0.459 e. The van der Waals surface area contributed by atoms with Gasteiger partial charge >= 0.3 is 17.9 Å². The third-order valence-corrected chi connectivity index (χ3v) is 4.00. The molecule has 0 bridgehead atoms. The van der Waals surface area contributed by atoms with Gasteiger partial charge < -0.3 is 25.3 Å². The molecular formula is C24H47N3O6. The Morgan fingerprint density at radius 1 is 0.788 bits per heavy atom. The van der Waals surface area contributed by atoms with Gasteiger partial charge in [-0.25, -0.2) is 0 Å². The van der Waals surface area contributed by atoms with Gasteiger partial charge in [0, 0.05) is 13.1 Å². The molecule has 0 unspecified atom stereocenters. The van der Waals surface area contributed by atoms with Crippen LogP contribution in [0.4, 0.5) is 0 Å². The van der Waals surface area contributed by atoms with Crippen LogP contribution >= 0.6 is 0 Å². The number of nitrogens with two attached hydrogens (primary N) is 1. The highest BCUT2D eigenvalue weighted by atomic mass is 16.6. The van der Waals surface area contributed by atoms with E-state index >= 15 is 0 Å². The Balaban J connectivity index is 5.14. The molecule has 0 aliphatic rings. The van der Waals surface area contributed by atoms with Gasteiger partial charge in [0.2, 0.25) is 0 Å². The summed E-state index contributed by atoms with van der Waals surface area (Å²) in [5, 5.41) is 3.21. The quantitative estimate of drug-likeness (QED) is 0.236. The predicted octanol–water partition coefficient (Wildman–Crippen LogP) is 2.40. The van der Waals surface area contributed by atoms with Crippen LogP contribution in [0.15, 0.2) is 0 Å². The fourth-order valence-corrected chi connectivity index (χ4v) is 2.89. The van der Waals surface area contributed by atoms with E-state index in [1.165, 1.54) is 0 Å². The number of nitrogens with one attached hydrogen (secondary N) is 1. The summed E-state index contributed by atoms with van der Waals surface area (Å²) in [4.78, 5) is 39.0. The van der Waals surface area contributed by atoms with Gasteiger partial charge in [0.15, 0.2) is 0 Å². The summed E-state index contributed by atoms with van der Waals surface area (Å²) in [6, 6.07) is -0.499. The second-order valence-corrected chi connectivity index (χ2v) is 11.2. The molecule has 1 atom stereocenters. The number of rotatable bonds is 13. The Morgan fingerprint density at radius 3 is 1.64 bits per heavy atom. The smallest absolute Gasteiger partial charge is 0.323 e. The van der Waals surface area contributed by atoms with E-state index in [2.05, 4.69) is 5.32 Å². The number of hydrogen-bond donors (Lipinski definition) is 2. The summed E-state index contributed by atoms with van der Waals surface area (Å²) < 4.78 is 16.3. The zero-order valence-corrected chi connectivity index (χ0v) is 22.2. The van der Waals surface area contributed by atoms with E-state index in [1.54, 1.807) is 46.4 Å². The first-order chi connectivity index (χ1) is 14.9. The van der Waals surface area contributed by atoms with Crippen LogP contribution in [0.2, 0.25) is 0 Å². The third kappa shape index (κ3) is 18.4. The summed E-state index contributed by atoms with van der Waals surface area (Å²) in [5.41, 5.74) is 3.73. The highest BCUT2D eigenvalue weighted by Crippen LogP contribution is 2.12. The summed E-state index contributed by atoms with van der Waals surface area (Å²) in [6.07, 6.45) is 2.18. The van der Waals surface area contributed by atoms with Crippen LogP contribution in [-0.2, 0) is 28.6 Å². The molecule has 0 aromatic heterocycles. The summed E-state index contributed by atoms with van der Waals surface area (Å²) >= 11 is 0. The lowest BCUT2D eigenvalue weighted by molar-refractivity contribution is -0.161. The largest absolute Gasteiger partial charge is 0.459 e. The molecule has 0 amide bonds. The van der Waals surface area contributed by atoms with Crippen molar-refractivity contribution < 1.29 is 28.6 Å². The third-order valence-electron chi connectivity index (χ3n) is 4.00. The van der Waals surface area contributed by atoms with Crippen LogP contribution in [0.5, 0.6) is 0 Å². The van der Waals surface area contributed by atoms with E-state index in [-0.39, 0.29) is 19.1 Å². The molecule has 0 aliphatic heterocycles. The van der Waals surface area contributed by atoms with Gasteiger partial charge in [-0.1, -0.05) is 6.42 Å². The SMILES string of the molecule is CC(C)(C)OC(=O)CN(CCN[C@@H](CCCCN)C(=O)OC(C)(C)C)CC(=O)OC(C)(C)C. The number of ether oxygens (including phenoxy) is 3. The normalized spacial score (nSPS) is 13.5. The van der Waals surface area contributed by atoms with Crippen LogP contribution in [0.1, 0.15) is 81.6 Å². The topological polar surface area (TPSA) is 120 Å². The Morgan fingerprint density at radius 2 is 1.24 bits per heavy atom. The highest BCUT2D eigenvalue weighted by Gasteiger charge is 2.26. The first-order valence-corrected chi connectivity index (χ1v) is 11.7. The Labute approximate surface area is 200 Å². The number of unbranched alkanes of at least 4 members (excludes halogenated alkanes) is 1. The lowest BCUT2D eigenvalue weighted by Crippen LogP contribution is -2.46. The van der Waals surface area contributed by atoms with Crippen molar-refractivity contribution in [1.82, 2.24) is 10.2 Å². The van der Waals surface area contributed by atoms with Crippen LogP contribution in [-0.4, -0.2) is 78.4 Å². The number of esters is 3. The zero-order valence-electron chi connectivity index (χ0n) is 22.2. The molecule has 9 heteroatoms. The lowest BCUT2D eigenvalue weighted by atomic mass is 10.1. The van der Waals surface area contributed by atoms with E-state index in [0.717, 1.165) is 12.8 Å². The van der Waals surface area contributed by atoms with E-state index in [1.807, 2.05) is 20.8 Å². The fourth-order valence-electron chi connectivity index (χ4n) is 2.89. The van der Waals surface area contributed by atoms with Gasteiger partial charge in [-0.05, 0) is 81.7 Å². The molecule has 0 aromatic rings. The molecule has 0 saturated carbocycles. The molecule has 0 aromatic carbocycles. The van der Waals surface area contributed by atoms with Crippen molar-refractivity contribution in [3.05, 3.63) is 0 Å². The maximum absolute atomic E-state index is 12.6. The molecule has 0 spiro atoms. The number of carbonyl (C=O) groups is 3. The van der Waals surface area contributed by atoms with Gasteiger partial charge in [-0.2, -0.15) is 0 Å². The molecule has 0 aliphatic carbocycles. The van der Waals surface area contributed by atoms with Crippen LogP contribution < -0.4 is 11.1 Å². The van der Waals surface area contributed by atoms with E-state index in [9.17, 15) is 14.4 Å². The van der Waals surface area contributed by atoms with Crippen molar-refractivity contribution in [3.63, 3.8) is 0 Å². The summed E-state index contributed by atoms with van der Waals surface area (Å²) in [5.74, 6) is -1.19. The highest BCUT2D eigenvalue weighted by molar-refractivity contribution is 5.76. The molecule has 0 rings (SSSR count). The van der Waals surface area contributed by atoms with Crippen molar-refractivity contribution in [3.8, 4) is 0 Å². The summed E-state index contributed by atoms with van der Waals surface area (Å²) in [6.45, 7) is 17.3. The van der Waals surface area contributed by atoms with Crippen LogP contribution in [0, 0.1) is 0 Å². The van der Waals surface area contributed by atoms with Crippen molar-refractivity contribution >= 4 is 17.9 Å². The molecule has 194 valence electrons. The molecule has 0 saturated heterocycles. The Kier molecular flexibility index (Phi) is 13.1. The fraction of sp³-hybridized carbons (Fsp3) is 0.875. The second kappa shape index (κ2) is 13.9. The van der Waals surface area contributed by atoms with Gasteiger partial charge in [0.25, 0.3) is 0 Å². The monoisotopic (exact) mass is 473 g/mol. The maximum Gasteiger partial charge on any atom is 0.323 e. The lowest BCUT2D eigenvalue weighted by Gasteiger charge is -2.28. The first-order valence-electron chi connectivity index (χ1n) is 11.7. The number of hydrogen-bond acceptors (Lipinski definition) is 9. The van der Waals surface area contributed by atoms with Gasteiger partial charge in [-0.3, -0.25) is 19.3 Å². The minimum absolute atomic E-state index is 0.0670. The van der Waals surface area contributed by atoms with Crippen molar-refractivity contribution in [2.24, 2.45) is 5.73 Å².